The molecule has 21 heavy (non-hydrogen) atoms. The van der Waals surface area contributed by atoms with Crippen LogP contribution >= 0.6 is 15.9 Å². The highest BCUT2D eigenvalue weighted by atomic mass is 79.9. The van der Waals surface area contributed by atoms with Gasteiger partial charge in [0.2, 0.25) is 0 Å². The summed E-state index contributed by atoms with van der Waals surface area (Å²) in [6.07, 6.45) is 0. The summed E-state index contributed by atoms with van der Waals surface area (Å²) < 4.78 is 6.66. The maximum absolute atomic E-state index is 10.9. The summed E-state index contributed by atoms with van der Waals surface area (Å²) in [5, 5.41) is 14.1. The van der Waals surface area contributed by atoms with Gasteiger partial charge in [-0.15, -0.1) is 0 Å². The molecule has 6 heteroatoms. The van der Waals surface area contributed by atoms with Crippen molar-refractivity contribution in [1.82, 2.24) is 0 Å². The molecule has 5 nitrogen and oxygen atoms in total. The van der Waals surface area contributed by atoms with Crippen molar-refractivity contribution >= 4 is 27.3 Å². The number of nitro benzene ring substituents is 1. The van der Waals surface area contributed by atoms with E-state index in [9.17, 15) is 10.1 Å². The summed E-state index contributed by atoms with van der Waals surface area (Å²) in [4.78, 5) is 10.5. The monoisotopic (exact) mass is 350 g/mol. The highest BCUT2D eigenvalue weighted by Gasteiger charge is 2.11. The van der Waals surface area contributed by atoms with Gasteiger partial charge in [-0.05, 0) is 37.3 Å². The second-order valence-electron chi connectivity index (χ2n) is 4.37. The molecule has 0 aliphatic carbocycles. The molecule has 0 spiro atoms. The third kappa shape index (κ3) is 4.19. The second kappa shape index (κ2) is 7.08. The maximum Gasteiger partial charge on any atom is 0.269 e. The molecule has 0 radical (unpaired) electrons. The molecular weight excluding hydrogens is 336 g/mol. The number of rotatable bonds is 6. The molecule has 0 aliphatic heterocycles. The molecule has 2 rings (SSSR count). The summed E-state index contributed by atoms with van der Waals surface area (Å²) in [6.45, 7) is 2.98. The molecule has 0 amide bonds. The molecule has 0 aromatic heterocycles. The Morgan fingerprint density at radius 1 is 1.24 bits per heavy atom. The van der Waals surface area contributed by atoms with Gasteiger partial charge >= 0.3 is 0 Å². The number of nitrogens with one attached hydrogen (secondary N) is 1. The molecule has 2 aromatic carbocycles. The Morgan fingerprint density at radius 2 is 1.95 bits per heavy atom. The Morgan fingerprint density at radius 3 is 2.57 bits per heavy atom. The number of halogens is 1. The standard InChI is InChI=1S/C15H15BrN2O3/c1-2-17-15-8-5-13(18(19)20)9-11(15)10-21-14-6-3-12(16)4-7-14/h3-9,17H,2,10H2,1H3. The van der Waals surface area contributed by atoms with E-state index < -0.39 is 4.92 Å². The first-order valence-corrected chi connectivity index (χ1v) is 7.29. The quantitative estimate of drug-likeness (QED) is 0.620. The lowest BCUT2D eigenvalue weighted by Gasteiger charge is -2.12. The molecule has 0 heterocycles. The minimum Gasteiger partial charge on any atom is -0.489 e. The molecule has 110 valence electrons. The van der Waals surface area contributed by atoms with Gasteiger partial charge in [0, 0.05) is 34.4 Å². The average Bonchev–Trinajstić information content (AvgIpc) is 2.48. The van der Waals surface area contributed by atoms with Crippen LogP contribution in [0.1, 0.15) is 12.5 Å². The van der Waals surface area contributed by atoms with Crippen LogP contribution in [0.5, 0.6) is 5.75 Å². The molecular formula is C15H15BrN2O3. The van der Waals surface area contributed by atoms with Crippen LogP contribution < -0.4 is 10.1 Å². The van der Waals surface area contributed by atoms with Gasteiger partial charge in [0.15, 0.2) is 0 Å². The van der Waals surface area contributed by atoms with Gasteiger partial charge in [0.25, 0.3) is 5.69 Å². The van der Waals surface area contributed by atoms with E-state index in [0.29, 0.717) is 5.75 Å². The number of nitro groups is 1. The fraction of sp³-hybridized carbons (Fsp3) is 0.200. The van der Waals surface area contributed by atoms with Gasteiger partial charge in [0.05, 0.1) is 4.92 Å². The van der Waals surface area contributed by atoms with Crippen LogP contribution in [-0.4, -0.2) is 11.5 Å². The van der Waals surface area contributed by atoms with Crippen molar-refractivity contribution in [3.8, 4) is 5.75 Å². The van der Waals surface area contributed by atoms with Crippen molar-refractivity contribution in [2.24, 2.45) is 0 Å². The van der Waals surface area contributed by atoms with Crippen LogP contribution in [0.25, 0.3) is 0 Å². The zero-order chi connectivity index (χ0) is 15.2. The number of anilines is 1. The molecule has 2 aromatic rings. The van der Waals surface area contributed by atoms with Crippen LogP contribution in [0.4, 0.5) is 11.4 Å². The lowest BCUT2D eigenvalue weighted by molar-refractivity contribution is -0.384. The van der Waals surface area contributed by atoms with E-state index in [1.807, 2.05) is 31.2 Å². The topological polar surface area (TPSA) is 64.4 Å². The van der Waals surface area contributed by atoms with E-state index in [2.05, 4.69) is 21.2 Å². The third-order valence-corrected chi connectivity index (χ3v) is 3.40. The minimum absolute atomic E-state index is 0.0612. The highest BCUT2D eigenvalue weighted by molar-refractivity contribution is 9.10. The van der Waals surface area contributed by atoms with E-state index >= 15 is 0 Å². The van der Waals surface area contributed by atoms with E-state index in [1.165, 1.54) is 12.1 Å². The second-order valence-corrected chi connectivity index (χ2v) is 5.29. The van der Waals surface area contributed by atoms with E-state index in [1.54, 1.807) is 6.07 Å². The molecule has 0 bridgehead atoms. The van der Waals surface area contributed by atoms with Crippen LogP contribution in [0.2, 0.25) is 0 Å². The first kappa shape index (κ1) is 15.3. The van der Waals surface area contributed by atoms with Crippen LogP contribution in [0, 0.1) is 10.1 Å². The smallest absolute Gasteiger partial charge is 0.269 e. The SMILES string of the molecule is CCNc1ccc([N+](=O)[O-])cc1COc1ccc(Br)cc1. The molecule has 1 N–H and O–H groups in total. The molecule has 0 fully saturated rings. The Balaban J connectivity index is 2.17. The van der Waals surface area contributed by atoms with Gasteiger partial charge < -0.3 is 10.1 Å². The van der Waals surface area contributed by atoms with E-state index in [4.69, 9.17) is 4.74 Å². The largest absolute Gasteiger partial charge is 0.489 e. The molecule has 0 saturated heterocycles. The highest BCUT2D eigenvalue weighted by Crippen LogP contribution is 2.24. The van der Waals surface area contributed by atoms with E-state index in [0.717, 1.165) is 22.3 Å². The summed E-state index contributed by atoms with van der Waals surface area (Å²) in [6, 6.07) is 12.2. The number of ether oxygens (including phenoxy) is 1. The number of benzene rings is 2. The number of nitrogens with zero attached hydrogens (tertiary/aromatic N) is 1. The average molecular weight is 351 g/mol. The van der Waals surface area contributed by atoms with Crippen molar-refractivity contribution in [3.05, 3.63) is 62.6 Å². The summed E-state index contributed by atoms with van der Waals surface area (Å²) in [5.41, 5.74) is 1.67. The molecule has 0 unspecified atom stereocenters. The van der Waals surface area contributed by atoms with Crippen LogP contribution in [0.3, 0.4) is 0 Å². The van der Waals surface area contributed by atoms with Gasteiger partial charge in [-0.3, -0.25) is 10.1 Å². The zero-order valence-electron chi connectivity index (χ0n) is 11.5. The van der Waals surface area contributed by atoms with Crippen molar-refractivity contribution in [1.29, 1.82) is 0 Å². The summed E-state index contributed by atoms with van der Waals surface area (Å²) >= 11 is 3.36. The molecule has 0 atom stereocenters. The fourth-order valence-electron chi connectivity index (χ4n) is 1.87. The Labute approximate surface area is 131 Å². The molecule has 0 saturated carbocycles. The summed E-state index contributed by atoms with van der Waals surface area (Å²) in [5.74, 6) is 0.715. The van der Waals surface area contributed by atoms with Gasteiger partial charge in [0.1, 0.15) is 12.4 Å². The van der Waals surface area contributed by atoms with Crippen molar-refractivity contribution < 1.29 is 9.66 Å². The minimum atomic E-state index is -0.404. The lowest BCUT2D eigenvalue weighted by atomic mass is 10.1. The lowest BCUT2D eigenvalue weighted by Crippen LogP contribution is -2.04. The van der Waals surface area contributed by atoms with Crippen molar-refractivity contribution in [2.45, 2.75) is 13.5 Å². The zero-order valence-corrected chi connectivity index (χ0v) is 13.1. The number of hydrogen-bond acceptors (Lipinski definition) is 4. The number of non-ortho nitro benzene ring substituents is 1. The first-order valence-electron chi connectivity index (χ1n) is 6.49. The predicted molar refractivity (Wildman–Crippen MR) is 85.7 cm³/mol. The van der Waals surface area contributed by atoms with Crippen molar-refractivity contribution in [3.63, 3.8) is 0 Å². The van der Waals surface area contributed by atoms with Gasteiger partial charge in [-0.25, -0.2) is 0 Å². The number of hydrogen-bond donors (Lipinski definition) is 1. The third-order valence-electron chi connectivity index (χ3n) is 2.87. The van der Waals surface area contributed by atoms with Gasteiger partial charge in [-0.2, -0.15) is 0 Å². The fourth-order valence-corrected chi connectivity index (χ4v) is 2.13. The molecule has 0 aliphatic rings. The Bertz CT molecular complexity index is 629. The first-order chi connectivity index (χ1) is 10.1. The van der Waals surface area contributed by atoms with Gasteiger partial charge in [-0.1, -0.05) is 15.9 Å². The van der Waals surface area contributed by atoms with Crippen LogP contribution in [0.15, 0.2) is 46.9 Å². The normalized spacial score (nSPS) is 10.2. The van der Waals surface area contributed by atoms with Crippen LogP contribution in [-0.2, 0) is 6.61 Å². The Kier molecular flexibility index (Phi) is 5.16. The Hall–Kier alpha value is -2.08. The van der Waals surface area contributed by atoms with Crippen molar-refractivity contribution in [2.75, 3.05) is 11.9 Å². The van der Waals surface area contributed by atoms with E-state index in [-0.39, 0.29) is 12.3 Å². The maximum atomic E-state index is 10.9. The summed E-state index contributed by atoms with van der Waals surface area (Å²) in [7, 11) is 0. The predicted octanol–water partition coefficient (Wildman–Crippen LogP) is 4.37.